The van der Waals surface area contributed by atoms with E-state index in [2.05, 4.69) is 20.3 Å². The van der Waals surface area contributed by atoms with Gasteiger partial charge in [0, 0.05) is 29.7 Å². The maximum absolute atomic E-state index is 5.81. The average Bonchev–Trinajstić information content (AvgIpc) is 2.83. The quantitative estimate of drug-likeness (QED) is 0.640. The van der Waals surface area contributed by atoms with Gasteiger partial charge in [0.25, 0.3) is 0 Å². The van der Waals surface area contributed by atoms with E-state index in [0.29, 0.717) is 12.5 Å². The van der Waals surface area contributed by atoms with Crippen LogP contribution in [0.1, 0.15) is 16.3 Å². The molecule has 0 spiro atoms. The summed E-state index contributed by atoms with van der Waals surface area (Å²) in [7, 11) is 0. The summed E-state index contributed by atoms with van der Waals surface area (Å²) < 4.78 is 0. The van der Waals surface area contributed by atoms with Crippen molar-refractivity contribution in [3.8, 4) is 0 Å². The van der Waals surface area contributed by atoms with Crippen molar-refractivity contribution in [1.29, 1.82) is 0 Å². The number of rotatable bonds is 5. The molecule has 2 aromatic heterocycles. The first-order valence-electron chi connectivity index (χ1n) is 6.08. The van der Waals surface area contributed by atoms with Crippen LogP contribution >= 0.6 is 11.3 Å². The number of aryl methyl sites for hydroxylation is 1. The van der Waals surface area contributed by atoms with E-state index in [1.54, 1.807) is 17.5 Å². The van der Waals surface area contributed by atoms with E-state index in [-0.39, 0.29) is 0 Å². The second-order valence-electron chi connectivity index (χ2n) is 4.06. The average molecular weight is 275 g/mol. The zero-order valence-corrected chi connectivity index (χ0v) is 11.7. The minimum atomic E-state index is 0.462. The molecule has 0 saturated heterocycles. The van der Waals surface area contributed by atoms with Crippen LogP contribution < -0.4 is 11.1 Å². The van der Waals surface area contributed by atoms with Gasteiger partial charge in [0.1, 0.15) is 0 Å². The number of aromatic nitrogens is 2. The molecule has 0 fully saturated rings. The van der Waals surface area contributed by atoms with Crippen molar-refractivity contribution in [2.75, 3.05) is 6.54 Å². The Labute approximate surface area is 116 Å². The molecule has 0 aromatic carbocycles. The maximum atomic E-state index is 5.81. The van der Waals surface area contributed by atoms with E-state index in [1.807, 2.05) is 30.6 Å². The first kappa shape index (κ1) is 13.5. The lowest BCUT2D eigenvalue weighted by Gasteiger charge is -2.05. The molecule has 19 heavy (non-hydrogen) atoms. The fourth-order valence-corrected chi connectivity index (χ4v) is 2.26. The molecular weight excluding hydrogens is 258 g/mol. The van der Waals surface area contributed by atoms with Crippen LogP contribution in [0, 0.1) is 6.92 Å². The van der Waals surface area contributed by atoms with Crippen molar-refractivity contribution in [2.45, 2.75) is 19.9 Å². The molecule has 0 aliphatic carbocycles. The standard InChI is InChI=1S/C13H17N5S/c1-10-12(19-9-18-10)8-17-13(14)16-7-5-11-4-2-3-6-15-11/h2-4,6,9H,5,7-8H2,1H3,(H3,14,16,17). The third-order valence-electron chi connectivity index (χ3n) is 2.65. The SMILES string of the molecule is Cc1ncsc1CN=C(N)NCCc1ccccn1. The zero-order valence-electron chi connectivity index (χ0n) is 10.8. The molecule has 0 bridgehead atoms. The summed E-state index contributed by atoms with van der Waals surface area (Å²) >= 11 is 1.60. The molecule has 100 valence electrons. The molecule has 0 amide bonds. The van der Waals surface area contributed by atoms with Crippen molar-refractivity contribution in [3.63, 3.8) is 0 Å². The van der Waals surface area contributed by atoms with Crippen molar-refractivity contribution in [3.05, 3.63) is 46.2 Å². The van der Waals surface area contributed by atoms with Crippen LogP contribution in [0.2, 0.25) is 0 Å². The Balaban J connectivity index is 1.75. The first-order valence-corrected chi connectivity index (χ1v) is 6.96. The number of guanidine groups is 1. The topological polar surface area (TPSA) is 76.2 Å². The summed E-state index contributed by atoms with van der Waals surface area (Å²) in [6.45, 7) is 3.29. The Kier molecular flexibility index (Phi) is 4.85. The maximum Gasteiger partial charge on any atom is 0.188 e. The smallest absolute Gasteiger partial charge is 0.188 e. The van der Waals surface area contributed by atoms with E-state index in [9.17, 15) is 0 Å². The number of pyridine rings is 1. The van der Waals surface area contributed by atoms with E-state index >= 15 is 0 Å². The predicted octanol–water partition coefficient (Wildman–Crippen LogP) is 1.49. The number of thiazole rings is 1. The highest BCUT2D eigenvalue weighted by Gasteiger charge is 2.00. The van der Waals surface area contributed by atoms with Gasteiger partial charge in [-0.3, -0.25) is 4.98 Å². The lowest BCUT2D eigenvalue weighted by molar-refractivity contribution is 0.828. The van der Waals surface area contributed by atoms with E-state index in [0.717, 1.165) is 29.2 Å². The van der Waals surface area contributed by atoms with Crippen LogP contribution in [-0.2, 0) is 13.0 Å². The van der Waals surface area contributed by atoms with Gasteiger partial charge < -0.3 is 11.1 Å². The Morgan fingerprint density at radius 2 is 2.32 bits per heavy atom. The second kappa shape index (κ2) is 6.84. The highest BCUT2D eigenvalue weighted by atomic mass is 32.1. The molecule has 6 heteroatoms. The molecule has 3 N–H and O–H groups in total. The fraction of sp³-hybridized carbons (Fsp3) is 0.308. The summed E-state index contributed by atoms with van der Waals surface area (Å²) in [5, 5.41) is 3.08. The number of hydrogen-bond acceptors (Lipinski definition) is 4. The molecule has 2 heterocycles. The molecule has 2 aromatic rings. The first-order chi connectivity index (χ1) is 9.25. The van der Waals surface area contributed by atoms with Crippen molar-refractivity contribution >= 4 is 17.3 Å². The number of nitrogens with zero attached hydrogens (tertiary/aromatic N) is 3. The Morgan fingerprint density at radius 1 is 1.42 bits per heavy atom. The molecule has 0 saturated carbocycles. The van der Waals surface area contributed by atoms with Crippen LogP contribution in [0.4, 0.5) is 0 Å². The molecule has 5 nitrogen and oxygen atoms in total. The largest absolute Gasteiger partial charge is 0.370 e. The minimum Gasteiger partial charge on any atom is -0.370 e. The molecule has 0 aliphatic heterocycles. The summed E-state index contributed by atoms with van der Waals surface area (Å²) in [6, 6.07) is 5.88. The Morgan fingerprint density at radius 3 is 3.00 bits per heavy atom. The monoisotopic (exact) mass is 275 g/mol. The minimum absolute atomic E-state index is 0.462. The molecule has 0 atom stereocenters. The van der Waals surface area contributed by atoms with Gasteiger partial charge in [-0.05, 0) is 19.1 Å². The van der Waals surface area contributed by atoms with Crippen molar-refractivity contribution in [2.24, 2.45) is 10.7 Å². The van der Waals surface area contributed by atoms with Gasteiger partial charge in [-0.1, -0.05) is 6.07 Å². The number of nitrogens with two attached hydrogens (primary N) is 1. The van der Waals surface area contributed by atoms with Crippen LogP contribution in [0.25, 0.3) is 0 Å². The van der Waals surface area contributed by atoms with Gasteiger partial charge in [-0.25, -0.2) is 9.98 Å². The van der Waals surface area contributed by atoms with E-state index in [1.165, 1.54) is 0 Å². The normalized spacial score (nSPS) is 11.5. The van der Waals surface area contributed by atoms with Gasteiger partial charge in [0.05, 0.1) is 17.7 Å². The Bertz CT molecular complexity index is 535. The van der Waals surface area contributed by atoms with Crippen molar-refractivity contribution in [1.82, 2.24) is 15.3 Å². The van der Waals surface area contributed by atoms with Gasteiger partial charge in [0.15, 0.2) is 5.96 Å². The highest BCUT2D eigenvalue weighted by Crippen LogP contribution is 2.12. The third-order valence-corrected chi connectivity index (χ3v) is 3.57. The van der Waals surface area contributed by atoms with Gasteiger partial charge >= 0.3 is 0 Å². The second-order valence-corrected chi connectivity index (χ2v) is 5.00. The highest BCUT2D eigenvalue weighted by molar-refractivity contribution is 7.09. The van der Waals surface area contributed by atoms with E-state index < -0.39 is 0 Å². The number of hydrogen-bond donors (Lipinski definition) is 2. The molecule has 0 aliphatic rings. The van der Waals surface area contributed by atoms with E-state index in [4.69, 9.17) is 5.73 Å². The van der Waals surface area contributed by atoms with Gasteiger partial charge in [0.2, 0.25) is 0 Å². The number of nitrogens with one attached hydrogen (secondary N) is 1. The lowest BCUT2D eigenvalue weighted by atomic mass is 10.3. The summed E-state index contributed by atoms with van der Waals surface area (Å²) in [6.07, 6.45) is 2.62. The lowest BCUT2D eigenvalue weighted by Crippen LogP contribution is -2.33. The Hall–Kier alpha value is -1.95. The van der Waals surface area contributed by atoms with Crippen molar-refractivity contribution < 1.29 is 0 Å². The molecule has 2 rings (SSSR count). The number of aliphatic imine (C=N–C) groups is 1. The zero-order chi connectivity index (χ0) is 13.5. The van der Waals surface area contributed by atoms with Gasteiger partial charge in [-0.2, -0.15) is 0 Å². The molecular formula is C13H17N5S. The van der Waals surface area contributed by atoms with Gasteiger partial charge in [-0.15, -0.1) is 11.3 Å². The van der Waals surface area contributed by atoms with Crippen LogP contribution in [-0.4, -0.2) is 22.5 Å². The summed E-state index contributed by atoms with van der Waals surface area (Å²) in [4.78, 5) is 13.9. The van der Waals surface area contributed by atoms with Crippen LogP contribution in [0.15, 0.2) is 34.9 Å². The summed E-state index contributed by atoms with van der Waals surface area (Å²) in [5.74, 6) is 0.462. The third kappa shape index (κ3) is 4.33. The predicted molar refractivity (Wildman–Crippen MR) is 78.1 cm³/mol. The van der Waals surface area contributed by atoms with Crippen LogP contribution in [0.5, 0.6) is 0 Å². The molecule has 0 unspecified atom stereocenters. The van der Waals surface area contributed by atoms with Crippen LogP contribution in [0.3, 0.4) is 0 Å². The fourth-order valence-electron chi connectivity index (χ4n) is 1.56. The molecule has 0 radical (unpaired) electrons. The summed E-state index contributed by atoms with van der Waals surface area (Å²) in [5.41, 5.74) is 9.70.